The van der Waals surface area contributed by atoms with Crippen molar-refractivity contribution in [3.8, 4) is 22.5 Å². The van der Waals surface area contributed by atoms with Crippen LogP contribution < -0.4 is 5.32 Å². The van der Waals surface area contributed by atoms with Crippen LogP contribution in [-0.4, -0.2) is 26.1 Å². The smallest absolute Gasteiger partial charge is 0.191 e. The zero-order valence-electron chi connectivity index (χ0n) is 18.8. The summed E-state index contributed by atoms with van der Waals surface area (Å²) in [6, 6.07) is 15.2. The van der Waals surface area contributed by atoms with Crippen molar-refractivity contribution in [3.63, 3.8) is 0 Å². The summed E-state index contributed by atoms with van der Waals surface area (Å²) in [7, 11) is 0. The molecule has 0 aliphatic carbocycles. The van der Waals surface area contributed by atoms with Gasteiger partial charge in [0.1, 0.15) is 29.9 Å². The third kappa shape index (κ3) is 4.22. The lowest BCUT2D eigenvalue weighted by Crippen LogP contribution is -2.12. The van der Waals surface area contributed by atoms with Gasteiger partial charge in [-0.25, -0.2) is 19.3 Å². The highest BCUT2D eigenvalue weighted by molar-refractivity contribution is 5.84. The number of hydrogen-bond donors (Lipinski definition) is 1. The highest BCUT2D eigenvalue weighted by atomic mass is 19.1. The van der Waals surface area contributed by atoms with Gasteiger partial charge in [0.2, 0.25) is 0 Å². The number of anilines is 1. The maximum Gasteiger partial charge on any atom is 0.191 e. The van der Waals surface area contributed by atoms with Crippen LogP contribution in [0.1, 0.15) is 17.1 Å². The van der Waals surface area contributed by atoms with Crippen molar-refractivity contribution in [3.05, 3.63) is 84.1 Å². The molecular formula is C26H24FN5O. The molecule has 7 heteroatoms. The van der Waals surface area contributed by atoms with Crippen LogP contribution >= 0.6 is 0 Å². The summed E-state index contributed by atoms with van der Waals surface area (Å²) in [6.45, 7) is 7.16. The Hall–Kier alpha value is -4.00. The summed E-state index contributed by atoms with van der Waals surface area (Å²) in [5, 5.41) is 4.45. The van der Waals surface area contributed by atoms with Gasteiger partial charge in [-0.3, -0.25) is 0 Å². The number of nitrogens with one attached hydrogen (secondary N) is 1. The minimum Gasteiger partial charge on any atom is -0.449 e. The van der Waals surface area contributed by atoms with E-state index < -0.39 is 0 Å². The van der Waals surface area contributed by atoms with Crippen molar-refractivity contribution >= 4 is 16.7 Å². The molecule has 0 aliphatic rings. The average molecular weight is 442 g/mol. The molecule has 0 unspecified atom stereocenters. The molecule has 1 N–H and O–H groups in total. The molecule has 166 valence electrons. The maximum atomic E-state index is 13.9. The third-order valence-corrected chi connectivity index (χ3v) is 5.80. The SMILES string of the molecule is Cc1nc(-c2ccc(-c3cc(NCCn4c(C)cc5c(C)cc(F)cc54)ncn3)cc2)co1. The predicted molar refractivity (Wildman–Crippen MR) is 128 cm³/mol. The van der Waals surface area contributed by atoms with Crippen LogP contribution in [0.15, 0.2) is 65.5 Å². The molecule has 3 aromatic heterocycles. The summed E-state index contributed by atoms with van der Waals surface area (Å²) < 4.78 is 21.4. The van der Waals surface area contributed by atoms with Gasteiger partial charge in [-0.2, -0.15) is 0 Å². The predicted octanol–water partition coefficient (Wildman–Crippen LogP) is 5.93. The number of halogens is 1. The van der Waals surface area contributed by atoms with Crippen LogP contribution in [0.25, 0.3) is 33.4 Å². The molecule has 5 rings (SSSR count). The van der Waals surface area contributed by atoms with E-state index in [1.54, 1.807) is 24.7 Å². The summed E-state index contributed by atoms with van der Waals surface area (Å²) in [4.78, 5) is 13.1. The zero-order chi connectivity index (χ0) is 22.9. The molecule has 0 fully saturated rings. The van der Waals surface area contributed by atoms with Gasteiger partial charge in [0.25, 0.3) is 0 Å². The number of oxazole rings is 1. The van der Waals surface area contributed by atoms with Gasteiger partial charge in [-0.05, 0) is 37.6 Å². The summed E-state index contributed by atoms with van der Waals surface area (Å²) in [5.74, 6) is 1.18. The third-order valence-electron chi connectivity index (χ3n) is 5.80. The number of aromatic nitrogens is 4. The molecule has 5 aromatic rings. The van der Waals surface area contributed by atoms with Crippen LogP contribution in [-0.2, 0) is 6.54 Å². The Bertz CT molecular complexity index is 1440. The van der Waals surface area contributed by atoms with E-state index >= 15 is 0 Å². The van der Waals surface area contributed by atoms with Crippen LogP contribution in [0.3, 0.4) is 0 Å². The van der Waals surface area contributed by atoms with E-state index in [1.165, 1.54) is 0 Å². The van der Waals surface area contributed by atoms with Crippen molar-refractivity contribution < 1.29 is 8.81 Å². The lowest BCUT2D eigenvalue weighted by molar-refractivity contribution is 0.521. The number of benzene rings is 2. The van der Waals surface area contributed by atoms with Crippen LogP contribution in [0.5, 0.6) is 0 Å². The Morgan fingerprint density at radius 3 is 2.42 bits per heavy atom. The van der Waals surface area contributed by atoms with E-state index in [-0.39, 0.29) is 5.82 Å². The molecule has 3 heterocycles. The number of fused-ring (bicyclic) bond motifs is 1. The lowest BCUT2D eigenvalue weighted by atomic mass is 10.1. The molecule has 0 amide bonds. The Labute approximate surface area is 191 Å². The molecule has 33 heavy (non-hydrogen) atoms. The maximum absolute atomic E-state index is 13.9. The first-order valence-corrected chi connectivity index (χ1v) is 10.8. The van der Waals surface area contributed by atoms with E-state index in [9.17, 15) is 4.39 Å². The molecule has 6 nitrogen and oxygen atoms in total. The first-order chi connectivity index (χ1) is 16.0. The van der Waals surface area contributed by atoms with Crippen molar-refractivity contribution in [1.82, 2.24) is 19.5 Å². The van der Waals surface area contributed by atoms with Gasteiger partial charge in [-0.1, -0.05) is 24.3 Å². The van der Waals surface area contributed by atoms with Gasteiger partial charge in [-0.15, -0.1) is 0 Å². The van der Waals surface area contributed by atoms with Crippen molar-refractivity contribution in [2.24, 2.45) is 0 Å². The highest BCUT2D eigenvalue weighted by Crippen LogP contribution is 2.26. The van der Waals surface area contributed by atoms with E-state index in [0.717, 1.165) is 50.5 Å². The highest BCUT2D eigenvalue weighted by Gasteiger charge is 2.10. The van der Waals surface area contributed by atoms with Crippen LogP contribution in [0.2, 0.25) is 0 Å². The standard InChI is InChI=1S/C26H24FN5O/c1-16-10-21(27)12-25-22(16)11-17(2)32(25)9-8-28-26-13-23(29-15-30-26)19-4-6-20(7-5-19)24-14-33-18(3)31-24/h4-7,10-15H,8-9H2,1-3H3,(H,28,29,30). The second-order valence-electron chi connectivity index (χ2n) is 8.14. The first-order valence-electron chi connectivity index (χ1n) is 10.8. The topological polar surface area (TPSA) is 68.8 Å². The summed E-state index contributed by atoms with van der Waals surface area (Å²) >= 11 is 0. The quantitative estimate of drug-likeness (QED) is 0.354. The minimum atomic E-state index is -0.211. The fraction of sp³-hybridized carbons (Fsp3) is 0.192. The van der Waals surface area contributed by atoms with E-state index in [4.69, 9.17) is 4.42 Å². The van der Waals surface area contributed by atoms with E-state index in [2.05, 4.69) is 30.9 Å². The molecule has 2 aromatic carbocycles. The van der Waals surface area contributed by atoms with E-state index in [0.29, 0.717) is 19.0 Å². The van der Waals surface area contributed by atoms with Gasteiger partial charge in [0.15, 0.2) is 5.89 Å². The Morgan fingerprint density at radius 2 is 1.70 bits per heavy atom. The molecule has 0 bridgehead atoms. The van der Waals surface area contributed by atoms with Gasteiger partial charge in [0, 0.05) is 48.3 Å². The number of nitrogens with zero attached hydrogens (tertiary/aromatic N) is 4. The Morgan fingerprint density at radius 1 is 0.939 bits per heavy atom. The normalized spacial score (nSPS) is 11.3. The van der Waals surface area contributed by atoms with Gasteiger partial charge < -0.3 is 14.3 Å². The zero-order valence-corrected chi connectivity index (χ0v) is 18.8. The largest absolute Gasteiger partial charge is 0.449 e. The summed E-state index contributed by atoms with van der Waals surface area (Å²) in [6.07, 6.45) is 3.21. The fourth-order valence-electron chi connectivity index (χ4n) is 4.14. The lowest BCUT2D eigenvalue weighted by Gasteiger charge is -2.11. The monoisotopic (exact) mass is 441 g/mol. The second-order valence-corrected chi connectivity index (χ2v) is 8.14. The molecular weight excluding hydrogens is 417 g/mol. The van der Waals surface area contributed by atoms with Gasteiger partial charge in [0.05, 0.1) is 11.2 Å². The summed E-state index contributed by atoms with van der Waals surface area (Å²) in [5.41, 5.74) is 6.59. The number of hydrogen-bond acceptors (Lipinski definition) is 5. The Balaban J connectivity index is 1.30. The second kappa shape index (κ2) is 8.50. The molecule has 0 saturated heterocycles. The van der Waals surface area contributed by atoms with Crippen LogP contribution in [0.4, 0.5) is 10.2 Å². The number of aryl methyl sites for hydroxylation is 3. The molecule has 0 spiro atoms. The molecule has 0 saturated carbocycles. The van der Waals surface area contributed by atoms with Crippen LogP contribution in [0, 0.1) is 26.6 Å². The van der Waals surface area contributed by atoms with Crippen molar-refractivity contribution in [2.45, 2.75) is 27.3 Å². The van der Waals surface area contributed by atoms with Gasteiger partial charge >= 0.3 is 0 Å². The Kier molecular flexibility index (Phi) is 5.38. The first kappa shape index (κ1) is 20.9. The minimum absolute atomic E-state index is 0.211. The molecule has 0 atom stereocenters. The molecule has 0 aliphatic heterocycles. The number of rotatable bonds is 6. The fourth-order valence-corrected chi connectivity index (χ4v) is 4.14. The van der Waals surface area contributed by atoms with E-state index in [1.807, 2.05) is 51.1 Å². The average Bonchev–Trinajstić information content (AvgIpc) is 3.38. The van der Waals surface area contributed by atoms with Crippen molar-refractivity contribution in [1.29, 1.82) is 0 Å². The van der Waals surface area contributed by atoms with Crippen molar-refractivity contribution in [2.75, 3.05) is 11.9 Å². The molecule has 0 radical (unpaired) electrons.